The van der Waals surface area contributed by atoms with E-state index < -0.39 is 10.0 Å². The van der Waals surface area contributed by atoms with Crippen LogP contribution in [0.2, 0.25) is 0 Å². The molecule has 0 aromatic heterocycles. The van der Waals surface area contributed by atoms with Gasteiger partial charge in [-0.2, -0.15) is 11.8 Å². The molecule has 5 nitrogen and oxygen atoms in total. The minimum absolute atomic E-state index is 0.287. The van der Waals surface area contributed by atoms with Crippen LogP contribution in [-0.2, 0) is 15.8 Å². The standard InChI is InChI=1S/C18H22N2O3S2/c1-14-6-5-7-15(12-14)13-24-11-10-19-18(21)16-8-3-4-9-17(16)20-25(2,22)23/h3-9,12,20H,10-11,13H2,1-2H3,(H,19,21). The van der Waals surface area contributed by atoms with Gasteiger partial charge in [0.25, 0.3) is 5.91 Å². The van der Waals surface area contributed by atoms with Crippen LogP contribution in [0.4, 0.5) is 5.69 Å². The number of sulfonamides is 1. The van der Waals surface area contributed by atoms with Gasteiger partial charge in [0.1, 0.15) is 0 Å². The minimum Gasteiger partial charge on any atom is -0.351 e. The molecule has 0 saturated carbocycles. The quantitative estimate of drug-likeness (QED) is 0.693. The largest absolute Gasteiger partial charge is 0.351 e. The molecular weight excluding hydrogens is 356 g/mol. The van der Waals surface area contributed by atoms with E-state index in [4.69, 9.17) is 0 Å². The van der Waals surface area contributed by atoms with Crippen molar-refractivity contribution in [2.75, 3.05) is 23.3 Å². The molecule has 0 aliphatic rings. The summed E-state index contributed by atoms with van der Waals surface area (Å²) in [7, 11) is -3.43. The summed E-state index contributed by atoms with van der Waals surface area (Å²) >= 11 is 1.74. The third-order valence-electron chi connectivity index (χ3n) is 3.35. The number of benzene rings is 2. The molecule has 0 radical (unpaired) electrons. The van der Waals surface area contributed by atoms with E-state index in [9.17, 15) is 13.2 Å². The maximum absolute atomic E-state index is 12.3. The fraction of sp³-hybridized carbons (Fsp3) is 0.278. The Morgan fingerprint density at radius 2 is 1.88 bits per heavy atom. The Kier molecular flexibility index (Phi) is 6.90. The monoisotopic (exact) mass is 378 g/mol. The van der Waals surface area contributed by atoms with E-state index in [1.165, 1.54) is 11.1 Å². The van der Waals surface area contributed by atoms with Gasteiger partial charge < -0.3 is 5.32 Å². The molecule has 0 bridgehead atoms. The molecule has 7 heteroatoms. The van der Waals surface area contributed by atoms with Crippen molar-refractivity contribution < 1.29 is 13.2 Å². The van der Waals surface area contributed by atoms with Gasteiger partial charge in [0.2, 0.25) is 10.0 Å². The van der Waals surface area contributed by atoms with Gasteiger partial charge in [0, 0.05) is 18.1 Å². The van der Waals surface area contributed by atoms with Gasteiger partial charge in [0.05, 0.1) is 17.5 Å². The summed E-state index contributed by atoms with van der Waals surface area (Å²) in [5, 5.41) is 2.83. The second kappa shape index (κ2) is 8.92. The summed E-state index contributed by atoms with van der Waals surface area (Å²) in [6, 6.07) is 14.9. The van der Waals surface area contributed by atoms with Crippen LogP contribution < -0.4 is 10.0 Å². The number of amides is 1. The van der Waals surface area contributed by atoms with E-state index >= 15 is 0 Å². The lowest BCUT2D eigenvalue weighted by Crippen LogP contribution is -2.27. The van der Waals surface area contributed by atoms with E-state index in [2.05, 4.69) is 35.2 Å². The molecule has 0 spiro atoms. The van der Waals surface area contributed by atoms with Gasteiger partial charge in [-0.25, -0.2) is 8.42 Å². The van der Waals surface area contributed by atoms with Gasteiger partial charge >= 0.3 is 0 Å². The number of hydrogen-bond donors (Lipinski definition) is 2. The van der Waals surface area contributed by atoms with Gasteiger partial charge in [-0.3, -0.25) is 9.52 Å². The molecule has 0 unspecified atom stereocenters. The average molecular weight is 379 g/mol. The molecule has 0 aliphatic heterocycles. The van der Waals surface area contributed by atoms with Crippen molar-refractivity contribution in [2.45, 2.75) is 12.7 Å². The first kappa shape index (κ1) is 19.3. The fourth-order valence-corrected chi connectivity index (χ4v) is 3.68. The highest BCUT2D eigenvalue weighted by atomic mass is 32.2. The van der Waals surface area contributed by atoms with Crippen LogP contribution in [0.15, 0.2) is 48.5 Å². The number of carbonyl (C=O) groups excluding carboxylic acids is 1. The second-order valence-corrected chi connectivity index (χ2v) is 8.57. The lowest BCUT2D eigenvalue weighted by atomic mass is 10.2. The van der Waals surface area contributed by atoms with Crippen molar-refractivity contribution in [1.29, 1.82) is 0 Å². The highest BCUT2D eigenvalue weighted by molar-refractivity contribution is 7.98. The van der Waals surface area contributed by atoms with Gasteiger partial charge in [-0.1, -0.05) is 42.0 Å². The number of hydrogen-bond acceptors (Lipinski definition) is 4. The highest BCUT2D eigenvalue weighted by Gasteiger charge is 2.13. The zero-order valence-corrected chi connectivity index (χ0v) is 15.9. The molecule has 0 heterocycles. The predicted octanol–water partition coefficient (Wildman–Crippen LogP) is 3.03. The Hall–Kier alpha value is -1.99. The van der Waals surface area contributed by atoms with Crippen LogP contribution >= 0.6 is 11.8 Å². The lowest BCUT2D eigenvalue weighted by Gasteiger charge is -2.11. The van der Waals surface area contributed by atoms with Crippen LogP contribution in [0.25, 0.3) is 0 Å². The van der Waals surface area contributed by atoms with E-state index in [0.717, 1.165) is 17.8 Å². The number of nitrogens with one attached hydrogen (secondary N) is 2. The van der Waals surface area contributed by atoms with Crippen LogP contribution in [0, 0.1) is 6.92 Å². The SMILES string of the molecule is Cc1cccc(CSCCNC(=O)c2ccccc2NS(C)(=O)=O)c1. The Morgan fingerprint density at radius 3 is 2.60 bits per heavy atom. The number of para-hydroxylation sites is 1. The molecule has 0 fully saturated rings. The first-order valence-electron chi connectivity index (χ1n) is 7.83. The van der Waals surface area contributed by atoms with E-state index in [0.29, 0.717) is 12.1 Å². The smallest absolute Gasteiger partial charge is 0.253 e. The first-order valence-corrected chi connectivity index (χ1v) is 10.9. The molecule has 0 atom stereocenters. The highest BCUT2D eigenvalue weighted by Crippen LogP contribution is 2.16. The zero-order chi connectivity index (χ0) is 18.3. The zero-order valence-electron chi connectivity index (χ0n) is 14.3. The molecule has 25 heavy (non-hydrogen) atoms. The van der Waals surface area contributed by atoms with Crippen molar-refractivity contribution in [2.24, 2.45) is 0 Å². The normalized spacial score (nSPS) is 11.1. The van der Waals surface area contributed by atoms with E-state index in [-0.39, 0.29) is 11.6 Å². The van der Waals surface area contributed by atoms with Crippen molar-refractivity contribution in [3.8, 4) is 0 Å². The van der Waals surface area contributed by atoms with Crippen molar-refractivity contribution in [1.82, 2.24) is 5.32 Å². The molecule has 134 valence electrons. The number of thioether (sulfide) groups is 1. The Labute approximate surface area is 153 Å². The summed E-state index contributed by atoms with van der Waals surface area (Å²) in [4.78, 5) is 12.3. The summed E-state index contributed by atoms with van der Waals surface area (Å²) < 4.78 is 25.1. The Balaban J connectivity index is 1.82. The van der Waals surface area contributed by atoms with E-state index in [1.54, 1.807) is 36.0 Å². The third kappa shape index (κ3) is 6.80. The van der Waals surface area contributed by atoms with Gasteiger partial charge in [-0.15, -0.1) is 0 Å². The summed E-state index contributed by atoms with van der Waals surface area (Å²) in [5.74, 6) is 1.38. The second-order valence-electron chi connectivity index (χ2n) is 5.72. The molecular formula is C18H22N2O3S2. The van der Waals surface area contributed by atoms with Crippen LogP contribution in [0.1, 0.15) is 21.5 Å². The molecule has 1 amide bonds. The van der Waals surface area contributed by atoms with Crippen LogP contribution in [0.3, 0.4) is 0 Å². The van der Waals surface area contributed by atoms with Crippen molar-refractivity contribution in [3.05, 3.63) is 65.2 Å². The first-order chi connectivity index (χ1) is 11.8. The van der Waals surface area contributed by atoms with Crippen LogP contribution in [-0.4, -0.2) is 32.9 Å². The van der Waals surface area contributed by atoms with Crippen LogP contribution in [0.5, 0.6) is 0 Å². The van der Waals surface area contributed by atoms with Gasteiger partial charge in [0.15, 0.2) is 0 Å². The summed E-state index contributed by atoms with van der Waals surface area (Å²) in [6.45, 7) is 2.58. The molecule has 0 aliphatic carbocycles. The van der Waals surface area contributed by atoms with E-state index in [1.807, 2.05) is 6.07 Å². The molecule has 2 rings (SSSR count). The van der Waals surface area contributed by atoms with Crippen molar-refractivity contribution in [3.63, 3.8) is 0 Å². The molecule has 2 N–H and O–H groups in total. The number of anilines is 1. The maximum atomic E-state index is 12.3. The topological polar surface area (TPSA) is 75.3 Å². The van der Waals surface area contributed by atoms with Gasteiger partial charge in [-0.05, 0) is 24.6 Å². The fourth-order valence-electron chi connectivity index (χ4n) is 2.29. The molecule has 2 aromatic rings. The van der Waals surface area contributed by atoms with Crippen molar-refractivity contribution >= 4 is 33.4 Å². The third-order valence-corrected chi connectivity index (χ3v) is 4.97. The summed E-state index contributed by atoms with van der Waals surface area (Å²) in [6.07, 6.45) is 1.06. The average Bonchev–Trinajstić information content (AvgIpc) is 2.53. The maximum Gasteiger partial charge on any atom is 0.253 e. The summed E-state index contributed by atoms with van der Waals surface area (Å²) in [5.41, 5.74) is 3.10. The number of carbonyl (C=O) groups is 1. The number of rotatable bonds is 8. The molecule has 2 aromatic carbocycles. The lowest BCUT2D eigenvalue weighted by molar-refractivity contribution is 0.0957. The number of aryl methyl sites for hydroxylation is 1. The molecule has 0 saturated heterocycles. The Morgan fingerprint density at radius 1 is 1.12 bits per heavy atom. The predicted molar refractivity (Wildman–Crippen MR) is 105 cm³/mol. The Bertz CT molecular complexity index is 836. The minimum atomic E-state index is -3.43.